The Kier molecular flexibility index (Phi) is 3.97. The fraction of sp³-hybridized carbons (Fsp3) is 0.294. The maximum atomic E-state index is 9.52. The number of hydrogen-bond donors (Lipinski definition) is 2. The predicted octanol–water partition coefficient (Wildman–Crippen LogP) is 3.01. The zero-order valence-electron chi connectivity index (χ0n) is 12.0. The highest BCUT2D eigenvalue weighted by Crippen LogP contribution is 2.30. The standard InChI is InChI=1S/C17H19NO3/c1-12(14-3-2-4-15(19)10-14)18-11-13-5-6-16-17(9-13)21-8-7-20-16/h2-6,9-10,12,18-19H,7-8,11H2,1H3. The first-order valence-electron chi connectivity index (χ1n) is 7.13. The number of phenolic OH excluding ortho intramolecular Hbond substituents is 1. The van der Waals surface area contributed by atoms with Crippen molar-refractivity contribution < 1.29 is 14.6 Å². The molecule has 0 amide bonds. The van der Waals surface area contributed by atoms with E-state index in [1.807, 2.05) is 30.3 Å². The van der Waals surface area contributed by atoms with Crippen molar-refractivity contribution in [3.05, 3.63) is 53.6 Å². The Hall–Kier alpha value is -2.20. The lowest BCUT2D eigenvalue weighted by Gasteiger charge is -2.20. The average molecular weight is 285 g/mol. The number of phenols is 1. The third-order valence-corrected chi connectivity index (χ3v) is 3.59. The van der Waals surface area contributed by atoms with E-state index in [9.17, 15) is 5.11 Å². The third-order valence-electron chi connectivity index (χ3n) is 3.59. The molecule has 0 fully saturated rings. The van der Waals surface area contributed by atoms with Gasteiger partial charge in [0.1, 0.15) is 19.0 Å². The molecule has 21 heavy (non-hydrogen) atoms. The van der Waals surface area contributed by atoms with Crippen LogP contribution in [0, 0.1) is 0 Å². The molecule has 0 aliphatic carbocycles. The molecular weight excluding hydrogens is 266 g/mol. The summed E-state index contributed by atoms with van der Waals surface area (Å²) in [7, 11) is 0. The molecule has 4 heteroatoms. The molecular formula is C17H19NO3. The molecule has 1 aliphatic rings. The van der Waals surface area contributed by atoms with Crippen LogP contribution in [0.2, 0.25) is 0 Å². The molecule has 3 rings (SSSR count). The monoisotopic (exact) mass is 285 g/mol. The van der Waals surface area contributed by atoms with E-state index in [-0.39, 0.29) is 6.04 Å². The lowest BCUT2D eigenvalue weighted by Crippen LogP contribution is -2.19. The molecule has 0 saturated carbocycles. The van der Waals surface area contributed by atoms with Crippen LogP contribution in [0.4, 0.5) is 0 Å². The van der Waals surface area contributed by atoms with E-state index in [0.29, 0.717) is 19.0 Å². The Morgan fingerprint density at radius 2 is 1.90 bits per heavy atom. The van der Waals surface area contributed by atoms with Gasteiger partial charge >= 0.3 is 0 Å². The van der Waals surface area contributed by atoms with Gasteiger partial charge in [0, 0.05) is 12.6 Å². The molecule has 1 aliphatic heterocycles. The van der Waals surface area contributed by atoms with Crippen LogP contribution in [-0.2, 0) is 6.54 Å². The van der Waals surface area contributed by atoms with E-state index in [4.69, 9.17) is 9.47 Å². The van der Waals surface area contributed by atoms with Gasteiger partial charge in [-0.25, -0.2) is 0 Å². The second kappa shape index (κ2) is 6.06. The minimum absolute atomic E-state index is 0.158. The van der Waals surface area contributed by atoms with Crippen molar-refractivity contribution in [2.45, 2.75) is 19.5 Å². The van der Waals surface area contributed by atoms with Crippen molar-refractivity contribution in [3.8, 4) is 17.2 Å². The van der Waals surface area contributed by atoms with Gasteiger partial charge < -0.3 is 19.9 Å². The van der Waals surface area contributed by atoms with Gasteiger partial charge in [-0.1, -0.05) is 18.2 Å². The number of aromatic hydroxyl groups is 1. The van der Waals surface area contributed by atoms with Crippen LogP contribution in [0.3, 0.4) is 0 Å². The van der Waals surface area contributed by atoms with Crippen molar-refractivity contribution in [1.29, 1.82) is 0 Å². The lowest BCUT2D eigenvalue weighted by atomic mass is 10.1. The Labute approximate surface area is 124 Å². The first-order chi connectivity index (χ1) is 10.2. The molecule has 0 radical (unpaired) electrons. The van der Waals surface area contributed by atoms with Crippen LogP contribution < -0.4 is 14.8 Å². The first-order valence-corrected chi connectivity index (χ1v) is 7.13. The van der Waals surface area contributed by atoms with Gasteiger partial charge in [0.25, 0.3) is 0 Å². The van der Waals surface area contributed by atoms with Crippen molar-refractivity contribution in [2.24, 2.45) is 0 Å². The Morgan fingerprint density at radius 1 is 1.10 bits per heavy atom. The number of benzene rings is 2. The van der Waals surface area contributed by atoms with E-state index in [2.05, 4.69) is 12.2 Å². The highest BCUT2D eigenvalue weighted by molar-refractivity contribution is 5.43. The first kappa shape index (κ1) is 13.8. The third kappa shape index (κ3) is 3.28. The average Bonchev–Trinajstić information content (AvgIpc) is 2.52. The molecule has 2 aromatic carbocycles. The summed E-state index contributed by atoms with van der Waals surface area (Å²) in [5, 5.41) is 13.0. The number of hydrogen-bond acceptors (Lipinski definition) is 4. The van der Waals surface area contributed by atoms with Crippen LogP contribution in [-0.4, -0.2) is 18.3 Å². The highest BCUT2D eigenvalue weighted by Gasteiger charge is 2.12. The molecule has 0 spiro atoms. The summed E-state index contributed by atoms with van der Waals surface area (Å²) >= 11 is 0. The van der Waals surface area contributed by atoms with Gasteiger partial charge in [-0.05, 0) is 42.3 Å². The van der Waals surface area contributed by atoms with E-state index >= 15 is 0 Å². The fourth-order valence-corrected chi connectivity index (χ4v) is 2.38. The molecule has 1 atom stereocenters. The number of nitrogens with one attached hydrogen (secondary N) is 1. The van der Waals surface area contributed by atoms with Crippen molar-refractivity contribution in [3.63, 3.8) is 0 Å². The Bertz CT molecular complexity index is 627. The van der Waals surface area contributed by atoms with Crippen molar-refractivity contribution in [2.75, 3.05) is 13.2 Å². The van der Waals surface area contributed by atoms with E-state index in [1.54, 1.807) is 12.1 Å². The summed E-state index contributed by atoms with van der Waals surface area (Å²) in [5.41, 5.74) is 2.21. The van der Waals surface area contributed by atoms with Crippen LogP contribution >= 0.6 is 0 Å². The van der Waals surface area contributed by atoms with E-state index < -0.39 is 0 Å². The molecule has 0 aromatic heterocycles. The largest absolute Gasteiger partial charge is 0.508 e. The van der Waals surface area contributed by atoms with Gasteiger partial charge in [0.05, 0.1) is 0 Å². The zero-order chi connectivity index (χ0) is 14.7. The van der Waals surface area contributed by atoms with Crippen LogP contribution in [0.1, 0.15) is 24.1 Å². The lowest BCUT2D eigenvalue weighted by molar-refractivity contribution is 0.171. The van der Waals surface area contributed by atoms with Gasteiger partial charge in [-0.3, -0.25) is 0 Å². The van der Waals surface area contributed by atoms with Crippen LogP contribution in [0.25, 0.3) is 0 Å². The highest BCUT2D eigenvalue weighted by atomic mass is 16.6. The minimum Gasteiger partial charge on any atom is -0.508 e. The van der Waals surface area contributed by atoms with Crippen molar-refractivity contribution in [1.82, 2.24) is 5.32 Å². The molecule has 0 saturated heterocycles. The van der Waals surface area contributed by atoms with Crippen LogP contribution in [0.5, 0.6) is 17.2 Å². The van der Waals surface area contributed by atoms with E-state index in [0.717, 1.165) is 29.2 Å². The molecule has 0 bridgehead atoms. The summed E-state index contributed by atoms with van der Waals surface area (Å²) in [5.74, 6) is 1.91. The zero-order valence-corrected chi connectivity index (χ0v) is 12.0. The summed E-state index contributed by atoms with van der Waals surface area (Å²) in [6.07, 6.45) is 0. The minimum atomic E-state index is 0.158. The Balaban J connectivity index is 1.64. The maximum absolute atomic E-state index is 9.52. The molecule has 1 heterocycles. The number of fused-ring (bicyclic) bond motifs is 1. The quantitative estimate of drug-likeness (QED) is 0.906. The smallest absolute Gasteiger partial charge is 0.161 e. The number of ether oxygens (including phenoxy) is 2. The Morgan fingerprint density at radius 3 is 2.71 bits per heavy atom. The second-order valence-electron chi connectivity index (χ2n) is 5.18. The molecule has 110 valence electrons. The SMILES string of the molecule is CC(NCc1ccc2c(c1)OCCO2)c1cccc(O)c1. The molecule has 1 unspecified atom stereocenters. The molecule has 2 N–H and O–H groups in total. The summed E-state index contributed by atoms with van der Waals surface area (Å²) in [4.78, 5) is 0. The fourth-order valence-electron chi connectivity index (χ4n) is 2.38. The topological polar surface area (TPSA) is 50.7 Å². The van der Waals surface area contributed by atoms with Gasteiger partial charge in [-0.15, -0.1) is 0 Å². The molecule has 4 nitrogen and oxygen atoms in total. The normalized spacial score (nSPS) is 14.7. The summed E-state index contributed by atoms with van der Waals surface area (Å²) < 4.78 is 11.1. The second-order valence-corrected chi connectivity index (χ2v) is 5.18. The molecule has 2 aromatic rings. The van der Waals surface area contributed by atoms with E-state index in [1.165, 1.54) is 0 Å². The summed E-state index contributed by atoms with van der Waals surface area (Å²) in [6, 6.07) is 13.5. The van der Waals surface area contributed by atoms with Crippen LogP contribution in [0.15, 0.2) is 42.5 Å². The van der Waals surface area contributed by atoms with Gasteiger partial charge in [0.15, 0.2) is 11.5 Å². The van der Waals surface area contributed by atoms with Crippen molar-refractivity contribution >= 4 is 0 Å². The van der Waals surface area contributed by atoms with Gasteiger partial charge in [0.2, 0.25) is 0 Å². The predicted molar refractivity (Wildman–Crippen MR) is 80.8 cm³/mol. The van der Waals surface area contributed by atoms with Gasteiger partial charge in [-0.2, -0.15) is 0 Å². The number of rotatable bonds is 4. The maximum Gasteiger partial charge on any atom is 0.161 e. The summed E-state index contributed by atoms with van der Waals surface area (Å²) in [6.45, 7) is 4.02.